The van der Waals surface area contributed by atoms with E-state index in [0.29, 0.717) is 23.7 Å². The predicted molar refractivity (Wildman–Crippen MR) is 73.5 cm³/mol. The van der Waals surface area contributed by atoms with Crippen molar-refractivity contribution in [1.29, 1.82) is 0 Å². The Labute approximate surface area is 115 Å². The van der Waals surface area contributed by atoms with Crippen LogP contribution < -0.4 is 5.73 Å². The number of halogens is 2. The van der Waals surface area contributed by atoms with Gasteiger partial charge in [0.1, 0.15) is 11.6 Å². The number of benzene rings is 1. The molecular weight excluding hydrogens is 267 g/mol. The number of hydrogen-bond acceptors (Lipinski definition) is 3. The highest BCUT2D eigenvalue weighted by Crippen LogP contribution is 2.20. The summed E-state index contributed by atoms with van der Waals surface area (Å²) in [4.78, 5) is 3.89. The summed E-state index contributed by atoms with van der Waals surface area (Å²) in [5.74, 6) is 0.0367. The minimum Gasteiger partial charge on any atom is -0.392 e. The Hall–Kier alpha value is -1.65. The van der Waals surface area contributed by atoms with Gasteiger partial charge in [-0.2, -0.15) is 0 Å². The third kappa shape index (κ3) is 3.91. The molecule has 0 spiro atoms. The molecular formula is C14H14ClFN2O. The van der Waals surface area contributed by atoms with Gasteiger partial charge in [-0.25, -0.2) is 9.37 Å². The number of aromatic nitrogens is 1. The second-order valence-corrected chi connectivity index (χ2v) is 4.79. The van der Waals surface area contributed by atoms with Gasteiger partial charge < -0.3 is 10.8 Å². The number of hydrogen-bond donors (Lipinski definition) is 2. The minimum absolute atomic E-state index is 0.327. The molecule has 0 saturated carbocycles. The Balaban J connectivity index is 2.03. The Morgan fingerprint density at radius 3 is 2.74 bits per heavy atom. The van der Waals surface area contributed by atoms with E-state index < -0.39 is 6.10 Å². The lowest BCUT2D eigenvalue weighted by Crippen LogP contribution is -2.14. The lowest BCUT2D eigenvalue weighted by atomic mass is 10.0. The summed E-state index contributed by atoms with van der Waals surface area (Å²) in [6, 6.07) is 7.68. The Morgan fingerprint density at radius 2 is 2.05 bits per heavy atom. The lowest BCUT2D eigenvalue weighted by molar-refractivity contribution is 0.175. The molecule has 0 radical (unpaired) electrons. The molecule has 2 rings (SSSR count). The van der Waals surface area contributed by atoms with Gasteiger partial charge in [-0.15, -0.1) is 0 Å². The van der Waals surface area contributed by atoms with Crippen molar-refractivity contribution in [2.45, 2.75) is 18.9 Å². The van der Waals surface area contributed by atoms with Crippen LogP contribution in [-0.2, 0) is 12.8 Å². The summed E-state index contributed by atoms with van der Waals surface area (Å²) >= 11 is 5.92. The van der Waals surface area contributed by atoms with E-state index in [1.165, 1.54) is 12.1 Å². The van der Waals surface area contributed by atoms with Crippen LogP contribution in [0.2, 0.25) is 5.02 Å². The average Bonchev–Trinajstić information content (AvgIpc) is 2.33. The molecule has 5 heteroatoms. The van der Waals surface area contributed by atoms with Crippen LogP contribution in [0.3, 0.4) is 0 Å². The third-order valence-electron chi connectivity index (χ3n) is 2.79. The van der Waals surface area contributed by atoms with Gasteiger partial charge in [0.2, 0.25) is 0 Å². The number of nitrogen functional groups attached to an aromatic ring is 1. The van der Waals surface area contributed by atoms with Gasteiger partial charge >= 0.3 is 0 Å². The molecule has 1 heterocycles. The molecule has 3 nitrogen and oxygen atoms in total. The summed E-state index contributed by atoms with van der Waals surface area (Å²) in [6.07, 6.45) is 1.80. The van der Waals surface area contributed by atoms with Gasteiger partial charge in [0.25, 0.3) is 0 Å². The first kappa shape index (κ1) is 13.8. The molecule has 1 unspecified atom stereocenters. The average molecular weight is 281 g/mol. The summed E-state index contributed by atoms with van der Waals surface area (Å²) in [5, 5.41) is 10.4. The van der Waals surface area contributed by atoms with Gasteiger partial charge in [-0.1, -0.05) is 17.7 Å². The molecule has 0 aliphatic carbocycles. The Kier molecular flexibility index (Phi) is 4.35. The van der Waals surface area contributed by atoms with Crippen molar-refractivity contribution >= 4 is 17.4 Å². The summed E-state index contributed by atoms with van der Waals surface area (Å²) in [5.41, 5.74) is 7.19. The number of pyridine rings is 1. The lowest BCUT2D eigenvalue weighted by Gasteiger charge is -2.12. The first-order chi connectivity index (χ1) is 9.04. The fourth-order valence-corrected chi connectivity index (χ4v) is 2.15. The van der Waals surface area contributed by atoms with Crippen LogP contribution in [0.25, 0.3) is 0 Å². The molecule has 0 saturated heterocycles. The first-order valence-corrected chi connectivity index (χ1v) is 6.25. The topological polar surface area (TPSA) is 59.1 Å². The Bertz CT molecular complexity index is 577. The zero-order valence-electron chi connectivity index (χ0n) is 10.2. The van der Waals surface area contributed by atoms with Crippen molar-refractivity contribution in [2.24, 2.45) is 0 Å². The van der Waals surface area contributed by atoms with E-state index >= 15 is 0 Å². The highest BCUT2D eigenvalue weighted by Gasteiger charge is 2.10. The third-order valence-corrected chi connectivity index (χ3v) is 3.14. The zero-order valence-corrected chi connectivity index (χ0v) is 10.9. The van der Waals surface area contributed by atoms with Crippen molar-refractivity contribution in [3.05, 3.63) is 58.5 Å². The minimum atomic E-state index is -0.607. The van der Waals surface area contributed by atoms with E-state index in [2.05, 4.69) is 4.98 Å². The number of anilines is 1. The molecule has 1 aromatic carbocycles. The van der Waals surface area contributed by atoms with Crippen molar-refractivity contribution in [2.75, 3.05) is 5.73 Å². The standard InChI is InChI=1S/C14H14ClFN2O/c15-13-8-11(16)2-1-10(13)7-12(19)5-9-3-4-18-14(17)6-9/h1-4,6,8,12,19H,5,7H2,(H2,17,18). The fourth-order valence-electron chi connectivity index (χ4n) is 1.91. The van der Waals surface area contributed by atoms with E-state index in [1.807, 2.05) is 0 Å². The van der Waals surface area contributed by atoms with Crippen LogP contribution >= 0.6 is 11.6 Å². The summed E-state index contributed by atoms with van der Waals surface area (Å²) in [7, 11) is 0. The van der Waals surface area contributed by atoms with Crippen molar-refractivity contribution < 1.29 is 9.50 Å². The molecule has 0 aliphatic heterocycles. The van der Waals surface area contributed by atoms with Crippen LogP contribution in [0.5, 0.6) is 0 Å². The predicted octanol–water partition coefficient (Wildman–Crippen LogP) is 2.60. The number of rotatable bonds is 4. The maximum atomic E-state index is 12.9. The van der Waals surface area contributed by atoms with Crippen LogP contribution in [0.1, 0.15) is 11.1 Å². The van der Waals surface area contributed by atoms with E-state index in [1.54, 1.807) is 24.4 Å². The van der Waals surface area contributed by atoms with Gasteiger partial charge in [-0.3, -0.25) is 0 Å². The molecule has 0 bridgehead atoms. The largest absolute Gasteiger partial charge is 0.392 e. The molecule has 100 valence electrons. The highest BCUT2D eigenvalue weighted by atomic mass is 35.5. The Morgan fingerprint density at radius 1 is 1.26 bits per heavy atom. The van der Waals surface area contributed by atoms with Gasteiger partial charge in [0.15, 0.2) is 0 Å². The molecule has 2 aromatic rings. The van der Waals surface area contributed by atoms with E-state index in [9.17, 15) is 9.50 Å². The smallest absolute Gasteiger partial charge is 0.124 e. The molecule has 0 amide bonds. The number of aliphatic hydroxyl groups is 1. The quantitative estimate of drug-likeness (QED) is 0.905. The van der Waals surface area contributed by atoms with Gasteiger partial charge in [-0.05, 0) is 41.8 Å². The fraction of sp³-hybridized carbons (Fsp3) is 0.214. The number of nitrogens with two attached hydrogens (primary N) is 1. The molecule has 3 N–H and O–H groups in total. The molecule has 19 heavy (non-hydrogen) atoms. The van der Waals surface area contributed by atoms with Crippen LogP contribution in [0, 0.1) is 5.82 Å². The van der Waals surface area contributed by atoms with Gasteiger partial charge in [0, 0.05) is 17.6 Å². The van der Waals surface area contributed by atoms with Crippen molar-refractivity contribution in [3.63, 3.8) is 0 Å². The zero-order chi connectivity index (χ0) is 13.8. The van der Waals surface area contributed by atoms with Crippen molar-refractivity contribution in [1.82, 2.24) is 4.98 Å². The molecule has 0 aliphatic rings. The molecule has 1 aromatic heterocycles. The highest BCUT2D eigenvalue weighted by molar-refractivity contribution is 6.31. The normalized spacial score (nSPS) is 12.4. The van der Waals surface area contributed by atoms with E-state index in [4.69, 9.17) is 17.3 Å². The van der Waals surface area contributed by atoms with Crippen molar-refractivity contribution in [3.8, 4) is 0 Å². The second-order valence-electron chi connectivity index (χ2n) is 4.39. The number of aliphatic hydroxyl groups excluding tert-OH is 1. The van der Waals surface area contributed by atoms with Crippen LogP contribution in [0.15, 0.2) is 36.5 Å². The second kappa shape index (κ2) is 5.99. The van der Waals surface area contributed by atoms with Crippen LogP contribution in [0.4, 0.5) is 10.2 Å². The van der Waals surface area contributed by atoms with Gasteiger partial charge in [0.05, 0.1) is 6.10 Å². The number of nitrogens with zero attached hydrogens (tertiary/aromatic N) is 1. The monoisotopic (exact) mass is 280 g/mol. The van der Waals surface area contributed by atoms with Crippen LogP contribution in [-0.4, -0.2) is 16.2 Å². The first-order valence-electron chi connectivity index (χ1n) is 5.87. The SMILES string of the molecule is Nc1cc(CC(O)Cc2ccc(F)cc2Cl)ccn1. The maximum absolute atomic E-state index is 12.9. The molecule has 0 fully saturated rings. The van der Waals surface area contributed by atoms with E-state index in [0.717, 1.165) is 11.1 Å². The summed E-state index contributed by atoms with van der Waals surface area (Å²) < 4.78 is 12.9. The summed E-state index contributed by atoms with van der Waals surface area (Å²) in [6.45, 7) is 0. The maximum Gasteiger partial charge on any atom is 0.124 e. The van der Waals surface area contributed by atoms with E-state index in [-0.39, 0.29) is 5.82 Å². The molecule has 1 atom stereocenters.